The highest BCUT2D eigenvalue weighted by atomic mass is 16.5. The smallest absolute Gasteiger partial charge is 0.105 e. The van der Waals surface area contributed by atoms with Gasteiger partial charge in [-0.25, -0.2) is 0 Å². The molecule has 19 heavy (non-hydrogen) atoms. The summed E-state index contributed by atoms with van der Waals surface area (Å²) in [7, 11) is 0. The van der Waals surface area contributed by atoms with Gasteiger partial charge in [0.15, 0.2) is 0 Å². The molecule has 3 rings (SSSR count). The van der Waals surface area contributed by atoms with Crippen LogP contribution >= 0.6 is 0 Å². The van der Waals surface area contributed by atoms with E-state index in [1.807, 2.05) is 13.0 Å². The van der Waals surface area contributed by atoms with Gasteiger partial charge in [0.05, 0.1) is 11.9 Å². The maximum absolute atomic E-state index is 6.49. The summed E-state index contributed by atoms with van der Waals surface area (Å²) in [6.07, 6.45) is 10.4. The molecule has 1 saturated heterocycles. The molecule has 0 bridgehead atoms. The first-order valence-electron chi connectivity index (χ1n) is 7.64. The number of nitrogens with two attached hydrogens (primary N) is 1. The van der Waals surface area contributed by atoms with Gasteiger partial charge in [-0.2, -0.15) is 0 Å². The average molecular weight is 263 g/mol. The number of hydrogen-bond acceptors (Lipinski definition) is 3. The lowest BCUT2D eigenvalue weighted by Gasteiger charge is -2.45. The van der Waals surface area contributed by atoms with Crippen LogP contribution in [-0.4, -0.2) is 12.2 Å². The Balaban J connectivity index is 1.72. The van der Waals surface area contributed by atoms with Gasteiger partial charge in [-0.05, 0) is 44.6 Å². The lowest BCUT2D eigenvalue weighted by molar-refractivity contribution is -0.120. The van der Waals surface area contributed by atoms with Crippen molar-refractivity contribution in [3.8, 4) is 0 Å². The Labute approximate surface area is 115 Å². The fourth-order valence-electron chi connectivity index (χ4n) is 3.91. The normalized spacial score (nSPS) is 28.4. The van der Waals surface area contributed by atoms with Gasteiger partial charge < -0.3 is 14.9 Å². The van der Waals surface area contributed by atoms with Gasteiger partial charge in [-0.1, -0.05) is 19.3 Å². The van der Waals surface area contributed by atoms with E-state index in [0.717, 1.165) is 25.2 Å². The minimum atomic E-state index is 0.0986. The van der Waals surface area contributed by atoms with Crippen molar-refractivity contribution in [1.82, 2.24) is 0 Å². The SMILES string of the molecule is Cc1occc1C(N)C1CCOC2(CCCCC2)C1. The highest BCUT2D eigenvalue weighted by molar-refractivity contribution is 5.21. The number of rotatable bonds is 2. The van der Waals surface area contributed by atoms with Crippen LogP contribution in [0.2, 0.25) is 0 Å². The van der Waals surface area contributed by atoms with E-state index in [0.29, 0.717) is 5.92 Å². The van der Waals surface area contributed by atoms with Gasteiger partial charge >= 0.3 is 0 Å². The van der Waals surface area contributed by atoms with Gasteiger partial charge in [0.2, 0.25) is 0 Å². The molecule has 2 heterocycles. The van der Waals surface area contributed by atoms with E-state index in [1.165, 1.54) is 37.7 Å². The van der Waals surface area contributed by atoms with Crippen molar-refractivity contribution in [3.05, 3.63) is 23.7 Å². The molecule has 3 heteroatoms. The van der Waals surface area contributed by atoms with Crippen molar-refractivity contribution in [1.29, 1.82) is 0 Å². The fraction of sp³-hybridized carbons (Fsp3) is 0.750. The summed E-state index contributed by atoms with van der Waals surface area (Å²) in [6, 6.07) is 2.13. The third-order valence-corrected chi connectivity index (χ3v) is 5.06. The predicted molar refractivity (Wildman–Crippen MR) is 74.9 cm³/mol. The zero-order valence-corrected chi connectivity index (χ0v) is 11.9. The average Bonchev–Trinajstić information content (AvgIpc) is 2.85. The van der Waals surface area contributed by atoms with Crippen LogP contribution in [0.25, 0.3) is 0 Å². The van der Waals surface area contributed by atoms with Gasteiger partial charge in [0.25, 0.3) is 0 Å². The van der Waals surface area contributed by atoms with Gasteiger partial charge in [-0.3, -0.25) is 0 Å². The molecule has 0 radical (unpaired) electrons. The molecule has 0 aromatic carbocycles. The third-order valence-electron chi connectivity index (χ3n) is 5.06. The second-order valence-electron chi connectivity index (χ2n) is 6.30. The molecule has 3 nitrogen and oxygen atoms in total. The van der Waals surface area contributed by atoms with Crippen LogP contribution in [-0.2, 0) is 4.74 Å². The molecule has 2 unspecified atom stereocenters. The third kappa shape index (κ3) is 2.59. The van der Waals surface area contributed by atoms with Crippen molar-refractivity contribution in [2.45, 2.75) is 63.5 Å². The summed E-state index contributed by atoms with van der Waals surface area (Å²) in [5.41, 5.74) is 7.80. The first kappa shape index (κ1) is 13.2. The number of ether oxygens (including phenoxy) is 1. The molecule has 2 N–H and O–H groups in total. The van der Waals surface area contributed by atoms with Crippen molar-refractivity contribution < 1.29 is 9.15 Å². The van der Waals surface area contributed by atoms with Crippen LogP contribution in [0, 0.1) is 12.8 Å². The molecule has 1 aromatic heterocycles. The summed E-state index contributed by atoms with van der Waals surface area (Å²) < 4.78 is 11.6. The summed E-state index contributed by atoms with van der Waals surface area (Å²) in [4.78, 5) is 0. The number of aryl methyl sites for hydroxylation is 1. The Bertz CT molecular complexity index is 415. The van der Waals surface area contributed by atoms with Crippen LogP contribution in [0.3, 0.4) is 0 Å². The second kappa shape index (κ2) is 5.29. The van der Waals surface area contributed by atoms with Crippen LogP contribution in [0.4, 0.5) is 0 Å². The molecule has 2 atom stereocenters. The molecule has 2 fully saturated rings. The van der Waals surface area contributed by atoms with Gasteiger partial charge in [0, 0.05) is 18.2 Å². The fourth-order valence-corrected chi connectivity index (χ4v) is 3.91. The van der Waals surface area contributed by atoms with E-state index in [4.69, 9.17) is 14.9 Å². The zero-order chi connectivity index (χ0) is 13.3. The summed E-state index contributed by atoms with van der Waals surface area (Å²) in [5.74, 6) is 1.50. The lowest BCUT2D eigenvalue weighted by atomic mass is 9.73. The molecule has 1 spiro atoms. The topological polar surface area (TPSA) is 48.4 Å². The minimum absolute atomic E-state index is 0.0986. The van der Waals surface area contributed by atoms with Crippen molar-refractivity contribution in [3.63, 3.8) is 0 Å². The Morgan fingerprint density at radius 3 is 2.79 bits per heavy atom. The highest BCUT2D eigenvalue weighted by Crippen LogP contribution is 2.44. The molecule has 1 saturated carbocycles. The Morgan fingerprint density at radius 2 is 2.11 bits per heavy atom. The van der Waals surface area contributed by atoms with Crippen LogP contribution < -0.4 is 5.73 Å². The molecular weight excluding hydrogens is 238 g/mol. The largest absolute Gasteiger partial charge is 0.469 e. The molecule has 1 aliphatic carbocycles. The number of furan rings is 1. The van der Waals surface area contributed by atoms with Crippen LogP contribution in [0.1, 0.15) is 62.3 Å². The molecular formula is C16H25NO2. The Kier molecular flexibility index (Phi) is 3.68. The van der Waals surface area contributed by atoms with Crippen LogP contribution in [0.15, 0.2) is 16.7 Å². The molecule has 1 aliphatic heterocycles. The molecule has 106 valence electrons. The quantitative estimate of drug-likeness (QED) is 0.884. The van der Waals surface area contributed by atoms with E-state index >= 15 is 0 Å². The summed E-state index contributed by atoms with van der Waals surface area (Å²) in [5, 5.41) is 0. The van der Waals surface area contributed by atoms with Crippen LogP contribution in [0.5, 0.6) is 0 Å². The summed E-state index contributed by atoms with van der Waals surface area (Å²) in [6.45, 7) is 2.88. The monoisotopic (exact) mass is 263 g/mol. The Hall–Kier alpha value is -0.800. The van der Waals surface area contributed by atoms with Crippen molar-refractivity contribution in [2.75, 3.05) is 6.61 Å². The van der Waals surface area contributed by atoms with Gasteiger partial charge in [0.1, 0.15) is 5.76 Å². The summed E-state index contributed by atoms with van der Waals surface area (Å²) >= 11 is 0. The van der Waals surface area contributed by atoms with E-state index in [9.17, 15) is 0 Å². The molecule has 2 aliphatic rings. The van der Waals surface area contributed by atoms with E-state index in [1.54, 1.807) is 6.26 Å². The molecule has 0 amide bonds. The molecule has 1 aromatic rings. The Morgan fingerprint density at radius 1 is 1.32 bits per heavy atom. The van der Waals surface area contributed by atoms with Gasteiger partial charge in [-0.15, -0.1) is 0 Å². The van der Waals surface area contributed by atoms with E-state index < -0.39 is 0 Å². The number of hydrogen-bond donors (Lipinski definition) is 1. The maximum atomic E-state index is 6.49. The van der Waals surface area contributed by atoms with Crippen molar-refractivity contribution in [2.24, 2.45) is 11.7 Å². The van der Waals surface area contributed by atoms with E-state index in [-0.39, 0.29) is 11.6 Å². The second-order valence-corrected chi connectivity index (χ2v) is 6.30. The van der Waals surface area contributed by atoms with E-state index in [2.05, 4.69) is 0 Å². The highest BCUT2D eigenvalue weighted by Gasteiger charge is 2.40. The first-order valence-corrected chi connectivity index (χ1v) is 7.64. The van der Waals surface area contributed by atoms with Crippen molar-refractivity contribution >= 4 is 0 Å². The maximum Gasteiger partial charge on any atom is 0.105 e. The standard InChI is InChI=1S/C16H25NO2/c1-12-14(6-9-18-12)15(17)13-5-10-19-16(11-13)7-3-2-4-8-16/h6,9,13,15H,2-5,7-8,10-11,17H2,1H3. The lowest BCUT2D eigenvalue weighted by Crippen LogP contribution is -2.44. The minimum Gasteiger partial charge on any atom is -0.469 e. The predicted octanol–water partition coefficient (Wildman–Crippen LogP) is 3.72. The first-order chi connectivity index (χ1) is 9.20. The zero-order valence-electron chi connectivity index (χ0n) is 11.9.